The Labute approximate surface area is 130 Å². The highest BCUT2D eigenvalue weighted by molar-refractivity contribution is 5.91. The molecule has 21 heavy (non-hydrogen) atoms. The number of hydrogen-bond acceptors (Lipinski definition) is 4. The van der Waals surface area contributed by atoms with Gasteiger partial charge in [-0.25, -0.2) is 0 Å². The highest BCUT2D eigenvalue weighted by Crippen LogP contribution is 2.15. The van der Waals surface area contributed by atoms with Crippen LogP contribution in [0.5, 0.6) is 0 Å². The maximum atomic E-state index is 11.9. The topological polar surface area (TPSA) is 98.3 Å². The van der Waals surface area contributed by atoms with Gasteiger partial charge in [-0.05, 0) is 18.7 Å². The lowest BCUT2D eigenvalue weighted by atomic mass is 10.2. The standard InChI is InChI=1S/C13H20N4O3.ClH/c1-17(2,9-3-8-14)10-13(18)15-11-4-6-12(7-5-11)16(19)20;/h4-7H,3,8-10,14H2,1-2H3;1H. The van der Waals surface area contributed by atoms with E-state index in [9.17, 15) is 14.9 Å². The molecule has 118 valence electrons. The molecule has 0 aliphatic carbocycles. The summed E-state index contributed by atoms with van der Waals surface area (Å²) < 4.78 is 0.552. The lowest BCUT2D eigenvalue weighted by Crippen LogP contribution is -3.00. The number of carbonyl (C=O) groups excluding carboxylic acids is 1. The zero-order valence-electron chi connectivity index (χ0n) is 12.2. The number of nitro groups is 1. The predicted octanol–water partition coefficient (Wildman–Crippen LogP) is -2.04. The summed E-state index contributed by atoms with van der Waals surface area (Å²) in [6.45, 7) is 1.76. The van der Waals surface area contributed by atoms with Gasteiger partial charge in [0.25, 0.3) is 11.6 Å². The van der Waals surface area contributed by atoms with E-state index < -0.39 is 4.92 Å². The number of nitrogens with two attached hydrogens (primary N) is 1. The minimum absolute atomic E-state index is 0. The Kier molecular flexibility index (Phi) is 7.86. The second kappa shape index (κ2) is 8.56. The monoisotopic (exact) mass is 316 g/mol. The highest BCUT2D eigenvalue weighted by Gasteiger charge is 2.19. The van der Waals surface area contributed by atoms with Crippen molar-refractivity contribution in [2.24, 2.45) is 5.73 Å². The molecule has 1 amide bonds. The van der Waals surface area contributed by atoms with E-state index in [2.05, 4.69) is 5.32 Å². The Morgan fingerprint density at radius 1 is 1.33 bits per heavy atom. The SMILES string of the molecule is C[N+](C)(CCCN)CC(=O)Nc1ccc([N+](=O)[O-])cc1.[Cl-]. The fourth-order valence-corrected chi connectivity index (χ4v) is 1.85. The van der Waals surface area contributed by atoms with Gasteiger partial charge >= 0.3 is 0 Å². The van der Waals surface area contributed by atoms with Gasteiger partial charge in [-0.3, -0.25) is 14.9 Å². The zero-order valence-corrected chi connectivity index (χ0v) is 13.0. The van der Waals surface area contributed by atoms with Crippen LogP contribution >= 0.6 is 0 Å². The number of anilines is 1. The molecule has 0 saturated heterocycles. The Bertz CT molecular complexity index is 477. The number of nitrogens with one attached hydrogen (secondary N) is 1. The number of nitrogens with zero attached hydrogens (tertiary/aromatic N) is 2. The van der Waals surface area contributed by atoms with Crippen LogP contribution in [0.3, 0.4) is 0 Å². The second-order valence-corrected chi connectivity index (χ2v) is 5.31. The van der Waals surface area contributed by atoms with Crippen LogP contribution < -0.4 is 23.5 Å². The molecule has 0 unspecified atom stereocenters. The molecule has 7 nitrogen and oxygen atoms in total. The molecule has 0 radical (unpaired) electrons. The molecule has 0 fully saturated rings. The van der Waals surface area contributed by atoms with Crippen LogP contribution in [-0.2, 0) is 4.79 Å². The summed E-state index contributed by atoms with van der Waals surface area (Å²) in [6, 6.07) is 5.78. The van der Waals surface area contributed by atoms with Gasteiger partial charge in [0.05, 0.1) is 25.6 Å². The normalized spacial score (nSPS) is 10.6. The lowest BCUT2D eigenvalue weighted by molar-refractivity contribution is -0.882. The summed E-state index contributed by atoms with van der Waals surface area (Å²) in [6.07, 6.45) is 0.859. The summed E-state index contributed by atoms with van der Waals surface area (Å²) >= 11 is 0. The van der Waals surface area contributed by atoms with Gasteiger partial charge in [0, 0.05) is 24.2 Å². The average molecular weight is 317 g/mol. The number of benzene rings is 1. The molecular formula is C13H21ClN4O3. The van der Waals surface area contributed by atoms with Crippen molar-refractivity contribution in [1.82, 2.24) is 0 Å². The molecule has 1 aromatic carbocycles. The summed E-state index contributed by atoms with van der Waals surface area (Å²) in [5.74, 6) is -0.124. The summed E-state index contributed by atoms with van der Waals surface area (Å²) in [7, 11) is 3.93. The summed E-state index contributed by atoms with van der Waals surface area (Å²) in [5.41, 5.74) is 6.02. The first-order valence-corrected chi connectivity index (χ1v) is 6.40. The zero-order chi connectivity index (χ0) is 15.2. The van der Waals surface area contributed by atoms with E-state index in [1.165, 1.54) is 24.3 Å². The van der Waals surface area contributed by atoms with Gasteiger partial charge in [0.15, 0.2) is 6.54 Å². The lowest BCUT2D eigenvalue weighted by Gasteiger charge is -2.28. The number of halogens is 1. The first kappa shape index (κ1) is 19.3. The maximum Gasteiger partial charge on any atom is 0.279 e. The second-order valence-electron chi connectivity index (χ2n) is 5.31. The van der Waals surface area contributed by atoms with Crippen LogP contribution in [0.2, 0.25) is 0 Å². The Hall–Kier alpha value is -1.70. The first-order chi connectivity index (χ1) is 9.34. The molecular weight excluding hydrogens is 296 g/mol. The number of nitro benzene ring substituents is 1. The van der Waals surface area contributed by atoms with E-state index in [4.69, 9.17) is 5.73 Å². The molecule has 1 rings (SSSR count). The van der Waals surface area contributed by atoms with Crippen LogP contribution in [0.4, 0.5) is 11.4 Å². The Morgan fingerprint density at radius 3 is 2.38 bits per heavy atom. The van der Waals surface area contributed by atoms with Crippen molar-refractivity contribution in [3.63, 3.8) is 0 Å². The van der Waals surface area contributed by atoms with E-state index in [0.717, 1.165) is 13.0 Å². The number of quaternary nitrogens is 1. The Morgan fingerprint density at radius 2 is 1.90 bits per heavy atom. The third-order valence-electron chi connectivity index (χ3n) is 2.90. The van der Waals surface area contributed by atoms with E-state index in [-0.39, 0.29) is 24.0 Å². The van der Waals surface area contributed by atoms with Crippen molar-refractivity contribution in [2.75, 3.05) is 39.0 Å². The van der Waals surface area contributed by atoms with Crippen molar-refractivity contribution in [1.29, 1.82) is 0 Å². The number of carbonyl (C=O) groups is 1. The molecule has 0 aliphatic heterocycles. The minimum atomic E-state index is -0.474. The van der Waals surface area contributed by atoms with Crippen LogP contribution in [0.25, 0.3) is 0 Å². The van der Waals surface area contributed by atoms with Crippen LogP contribution in [0, 0.1) is 10.1 Å². The van der Waals surface area contributed by atoms with Crippen molar-refractivity contribution in [3.8, 4) is 0 Å². The van der Waals surface area contributed by atoms with E-state index in [1.54, 1.807) is 0 Å². The molecule has 0 bridgehead atoms. The van der Waals surface area contributed by atoms with E-state index in [1.807, 2.05) is 14.1 Å². The number of likely N-dealkylation sites (N-methyl/N-ethyl adjacent to an activating group) is 1. The number of rotatable bonds is 7. The van der Waals surface area contributed by atoms with Crippen molar-refractivity contribution in [2.45, 2.75) is 6.42 Å². The molecule has 3 N–H and O–H groups in total. The van der Waals surface area contributed by atoms with Crippen molar-refractivity contribution in [3.05, 3.63) is 34.4 Å². The van der Waals surface area contributed by atoms with Gasteiger partial charge in [0.1, 0.15) is 0 Å². The summed E-state index contributed by atoms with van der Waals surface area (Å²) in [5, 5.41) is 13.3. The molecule has 0 atom stereocenters. The fraction of sp³-hybridized carbons (Fsp3) is 0.462. The highest BCUT2D eigenvalue weighted by atomic mass is 35.5. The van der Waals surface area contributed by atoms with Crippen LogP contribution in [0.1, 0.15) is 6.42 Å². The van der Waals surface area contributed by atoms with Crippen LogP contribution in [0.15, 0.2) is 24.3 Å². The third-order valence-corrected chi connectivity index (χ3v) is 2.90. The quantitative estimate of drug-likeness (QED) is 0.344. The molecule has 0 spiro atoms. The maximum absolute atomic E-state index is 11.9. The van der Waals surface area contributed by atoms with Crippen LogP contribution in [-0.4, -0.2) is 49.0 Å². The molecule has 0 saturated carbocycles. The number of hydrogen-bond donors (Lipinski definition) is 2. The van der Waals surface area contributed by atoms with Gasteiger partial charge in [-0.2, -0.15) is 0 Å². The molecule has 0 aromatic heterocycles. The van der Waals surface area contributed by atoms with E-state index >= 15 is 0 Å². The smallest absolute Gasteiger partial charge is 0.279 e. The van der Waals surface area contributed by atoms with E-state index in [0.29, 0.717) is 23.3 Å². The molecule has 1 aromatic rings. The van der Waals surface area contributed by atoms with Gasteiger partial charge in [-0.1, -0.05) is 0 Å². The molecule has 0 heterocycles. The third kappa shape index (κ3) is 7.03. The molecule has 8 heteroatoms. The number of non-ortho nitro benzene ring substituents is 1. The summed E-state index contributed by atoms with van der Waals surface area (Å²) in [4.78, 5) is 22.0. The van der Waals surface area contributed by atoms with Crippen molar-refractivity contribution >= 4 is 17.3 Å². The average Bonchev–Trinajstić information content (AvgIpc) is 2.36. The van der Waals surface area contributed by atoms with Gasteiger partial charge < -0.3 is 27.9 Å². The first-order valence-electron chi connectivity index (χ1n) is 6.40. The molecule has 0 aliphatic rings. The fourth-order valence-electron chi connectivity index (χ4n) is 1.85. The largest absolute Gasteiger partial charge is 1.00 e. The van der Waals surface area contributed by atoms with Gasteiger partial charge in [-0.15, -0.1) is 0 Å². The van der Waals surface area contributed by atoms with Gasteiger partial charge in [0.2, 0.25) is 0 Å². The predicted molar refractivity (Wildman–Crippen MR) is 77.2 cm³/mol. The Balaban J connectivity index is 0.00000400. The van der Waals surface area contributed by atoms with Crippen molar-refractivity contribution < 1.29 is 26.6 Å². The minimum Gasteiger partial charge on any atom is -1.00 e. The number of amides is 1.